The summed E-state index contributed by atoms with van der Waals surface area (Å²) >= 11 is 0. The van der Waals surface area contributed by atoms with Gasteiger partial charge in [0.15, 0.2) is 0 Å². The molecular formula is C14H18N2O2. The van der Waals surface area contributed by atoms with E-state index < -0.39 is 0 Å². The lowest BCUT2D eigenvalue weighted by Crippen LogP contribution is -2.24. The molecule has 1 aliphatic heterocycles. The number of carbonyl (C=O) groups excluding carboxylic acids is 2. The van der Waals surface area contributed by atoms with Crippen molar-refractivity contribution < 1.29 is 9.59 Å². The fourth-order valence-electron chi connectivity index (χ4n) is 2.18. The molecule has 1 N–H and O–H groups in total. The van der Waals surface area contributed by atoms with Crippen LogP contribution in [0.4, 0.5) is 5.69 Å². The zero-order valence-electron chi connectivity index (χ0n) is 11.0. The lowest BCUT2D eigenvalue weighted by molar-refractivity contribution is 0.0693. The molecule has 0 radical (unpaired) electrons. The van der Waals surface area contributed by atoms with Gasteiger partial charge in [-0.05, 0) is 31.0 Å². The zero-order valence-corrected chi connectivity index (χ0v) is 11.0. The number of rotatable bonds is 4. The van der Waals surface area contributed by atoms with E-state index in [-0.39, 0.29) is 11.8 Å². The van der Waals surface area contributed by atoms with Crippen LogP contribution in [0.15, 0.2) is 18.2 Å². The minimum atomic E-state index is -0.219. The summed E-state index contributed by atoms with van der Waals surface area (Å²) < 4.78 is 0. The first-order chi connectivity index (χ1) is 8.58. The average Bonchev–Trinajstić information content (AvgIpc) is 2.61. The molecule has 0 saturated carbocycles. The minimum Gasteiger partial charge on any atom is -0.382 e. The van der Waals surface area contributed by atoms with Gasteiger partial charge in [-0.3, -0.25) is 14.5 Å². The topological polar surface area (TPSA) is 49.4 Å². The SMILES string of the molecule is CCC(CC)Nc1ccc2c(c1)C(=O)N(C)C2=O. The van der Waals surface area contributed by atoms with Gasteiger partial charge in [-0.25, -0.2) is 0 Å². The highest BCUT2D eigenvalue weighted by molar-refractivity contribution is 6.21. The lowest BCUT2D eigenvalue weighted by Gasteiger charge is -2.16. The number of nitrogens with one attached hydrogen (secondary N) is 1. The van der Waals surface area contributed by atoms with Crippen LogP contribution in [0.1, 0.15) is 47.4 Å². The van der Waals surface area contributed by atoms with Gasteiger partial charge in [0.25, 0.3) is 11.8 Å². The molecule has 0 bridgehead atoms. The summed E-state index contributed by atoms with van der Waals surface area (Å²) in [5.74, 6) is -0.438. The Morgan fingerprint density at radius 1 is 1.11 bits per heavy atom. The highest BCUT2D eigenvalue weighted by Gasteiger charge is 2.32. The zero-order chi connectivity index (χ0) is 13.3. The van der Waals surface area contributed by atoms with Crippen molar-refractivity contribution in [1.82, 2.24) is 4.90 Å². The summed E-state index contributed by atoms with van der Waals surface area (Å²) in [7, 11) is 1.51. The molecule has 0 atom stereocenters. The molecule has 1 aromatic rings. The predicted octanol–water partition coefficient (Wildman–Crippen LogP) is 2.51. The van der Waals surface area contributed by atoms with Gasteiger partial charge in [-0.15, -0.1) is 0 Å². The summed E-state index contributed by atoms with van der Waals surface area (Å²) in [4.78, 5) is 24.8. The Kier molecular flexibility index (Phi) is 3.36. The molecule has 2 amide bonds. The minimum absolute atomic E-state index is 0.218. The number of hydrogen-bond acceptors (Lipinski definition) is 3. The van der Waals surface area contributed by atoms with E-state index in [9.17, 15) is 9.59 Å². The fraction of sp³-hybridized carbons (Fsp3) is 0.429. The summed E-state index contributed by atoms with van der Waals surface area (Å²) in [6, 6.07) is 5.76. The van der Waals surface area contributed by atoms with Crippen LogP contribution in [0.3, 0.4) is 0 Å². The molecule has 0 aliphatic carbocycles. The summed E-state index contributed by atoms with van der Waals surface area (Å²) in [5, 5.41) is 3.38. The maximum Gasteiger partial charge on any atom is 0.261 e. The van der Waals surface area contributed by atoms with Crippen molar-refractivity contribution in [3.05, 3.63) is 29.3 Å². The molecule has 2 rings (SSSR count). The highest BCUT2D eigenvalue weighted by Crippen LogP contribution is 2.25. The largest absolute Gasteiger partial charge is 0.382 e. The van der Waals surface area contributed by atoms with Crippen molar-refractivity contribution in [1.29, 1.82) is 0 Å². The first-order valence-electron chi connectivity index (χ1n) is 6.31. The van der Waals surface area contributed by atoms with Gasteiger partial charge in [-0.1, -0.05) is 13.8 Å². The molecule has 0 spiro atoms. The van der Waals surface area contributed by atoms with Gasteiger partial charge in [0.05, 0.1) is 11.1 Å². The van der Waals surface area contributed by atoms with E-state index in [2.05, 4.69) is 19.2 Å². The standard InChI is InChI=1S/C14H18N2O2/c1-4-9(5-2)15-10-6-7-11-12(8-10)14(18)16(3)13(11)17/h6-9,15H,4-5H2,1-3H3. The molecule has 0 aromatic heterocycles. The van der Waals surface area contributed by atoms with E-state index in [1.807, 2.05) is 6.07 Å². The van der Waals surface area contributed by atoms with Gasteiger partial charge < -0.3 is 5.32 Å². The van der Waals surface area contributed by atoms with Crippen LogP contribution < -0.4 is 5.32 Å². The highest BCUT2D eigenvalue weighted by atomic mass is 16.2. The first kappa shape index (κ1) is 12.6. The Balaban J connectivity index is 2.29. The first-order valence-corrected chi connectivity index (χ1v) is 6.31. The van der Waals surface area contributed by atoms with E-state index in [1.54, 1.807) is 12.1 Å². The number of imide groups is 1. The van der Waals surface area contributed by atoms with Crippen LogP contribution in [0.2, 0.25) is 0 Å². The normalized spacial score (nSPS) is 14.3. The molecule has 1 aliphatic rings. The molecule has 1 aromatic carbocycles. The lowest BCUT2D eigenvalue weighted by atomic mass is 10.1. The summed E-state index contributed by atoms with van der Waals surface area (Å²) in [6.07, 6.45) is 2.06. The quantitative estimate of drug-likeness (QED) is 0.830. The molecule has 0 unspecified atom stereocenters. The Hall–Kier alpha value is -1.84. The predicted molar refractivity (Wildman–Crippen MR) is 70.9 cm³/mol. The third kappa shape index (κ3) is 1.98. The van der Waals surface area contributed by atoms with E-state index >= 15 is 0 Å². The fourth-order valence-corrected chi connectivity index (χ4v) is 2.18. The van der Waals surface area contributed by atoms with Crippen molar-refractivity contribution in [2.75, 3.05) is 12.4 Å². The molecule has 0 fully saturated rings. The van der Waals surface area contributed by atoms with Crippen molar-refractivity contribution in [2.45, 2.75) is 32.7 Å². The second-order valence-corrected chi connectivity index (χ2v) is 4.59. The van der Waals surface area contributed by atoms with Crippen molar-refractivity contribution >= 4 is 17.5 Å². The number of amides is 2. The number of benzene rings is 1. The van der Waals surface area contributed by atoms with Crippen LogP contribution in [-0.4, -0.2) is 29.8 Å². The van der Waals surface area contributed by atoms with E-state index in [4.69, 9.17) is 0 Å². The number of nitrogens with zero attached hydrogens (tertiary/aromatic N) is 1. The molecule has 0 saturated heterocycles. The maximum atomic E-state index is 11.9. The molecule has 4 nitrogen and oxygen atoms in total. The van der Waals surface area contributed by atoms with Gasteiger partial charge in [0.1, 0.15) is 0 Å². The van der Waals surface area contributed by atoms with Crippen LogP contribution in [0, 0.1) is 0 Å². The number of hydrogen-bond donors (Lipinski definition) is 1. The third-order valence-corrected chi connectivity index (χ3v) is 3.45. The van der Waals surface area contributed by atoms with E-state index in [0.717, 1.165) is 23.4 Å². The molecule has 18 heavy (non-hydrogen) atoms. The Morgan fingerprint density at radius 3 is 2.33 bits per heavy atom. The van der Waals surface area contributed by atoms with E-state index in [0.29, 0.717) is 17.2 Å². The molecule has 4 heteroatoms. The van der Waals surface area contributed by atoms with Crippen molar-refractivity contribution in [3.8, 4) is 0 Å². The van der Waals surface area contributed by atoms with Crippen LogP contribution >= 0.6 is 0 Å². The average molecular weight is 246 g/mol. The second-order valence-electron chi connectivity index (χ2n) is 4.59. The number of fused-ring (bicyclic) bond motifs is 1. The van der Waals surface area contributed by atoms with Gasteiger partial charge >= 0.3 is 0 Å². The van der Waals surface area contributed by atoms with Gasteiger partial charge in [0.2, 0.25) is 0 Å². The Bertz CT molecular complexity index is 493. The van der Waals surface area contributed by atoms with Gasteiger partial charge in [0, 0.05) is 18.8 Å². The van der Waals surface area contributed by atoms with Crippen molar-refractivity contribution in [2.24, 2.45) is 0 Å². The third-order valence-electron chi connectivity index (χ3n) is 3.45. The van der Waals surface area contributed by atoms with Crippen molar-refractivity contribution in [3.63, 3.8) is 0 Å². The Morgan fingerprint density at radius 2 is 1.72 bits per heavy atom. The van der Waals surface area contributed by atoms with E-state index in [1.165, 1.54) is 7.05 Å². The monoisotopic (exact) mass is 246 g/mol. The summed E-state index contributed by atoms with van der Waals surface area (Å²) in [6.45, 7) is 4.24. The van der Waals surface area contributed by atoms with Crippen LogP contribution in [-0.2, 0) is 0 Å². The number of carbonyl (C=O) groups is 2. The van der Waals surface area contributed by atoms with Crippen LogP contribution in [0.25, 0.3) is 0 Å². The molecule has 1 heterocycles. The number of anilines is 1. The Labute approximate surface area is 107 Å². The molecular weight excluding hydrogens is 228 g/mol. The second kappa shape index (κ2) is 4.80. The maximum absolute atomic E-state index is 11.9. The van der Waals surface area contributed by atoms with Gasteiger partial charge in [-0.2, -0.15) is 0 Å². The molecule has 96 valence electrons. The van der Waals surface area contributed by atoms with Crippen LogP contribution in [0.5, 0.6) is 0 Å². The smallest absolute Gasteiger partial charge is 0.261 e. The summed E-state index contributed by atoms with van der Waals surface area (Å²) in [5.41, 5.74) is 1.90.